The molecule has 1 saturated heterocycles. The maximum absolute atomic E-state index is 13.2. The van der Waals surface area contributed by atoms with Crippen molar-refractivity contribution in [1.29, 1.82) is 0 Å². The van der Waals surface area contributed by atoms with E-state index < -0.39 is 18.4 Å². The number of alkyl halides is 2. The summed E-state index contributed by atoms with van der Waals surface area (Å²) in [5.41, 5.74) is 0.278. The fourth-order valence-electron chi connectivity index (χ4n) is 2.10. The van der Waals surface area contributed by atoms with Gasteiger partial charge in [-0.05, 0) is 28.1 Å². The normalized spacial score (nSPS) is 17.1. The average Bonchev–Trinajstić information content (AvgIpc) is 2.78. The topological polar surface area (TPSA) is 38.8 Å². The molecule has 1 aliphatic rings. The number of carbonyl (C=O) groups excluding carboxylic acids is 1. The first kappa shape index (κ1) is 15.0. The quantitative estimate of drug-likeness (QED) is 0.842. The molecule has 0 N–H and O–H groups in total. The predicted octanol–water partition coefficient (Wildman–Crippen LogP) is 2.95. The minimum absolute atomic E-state index is 0.0482. The van der Waals surface area contributed by atoms with Crippen molar-refractivity contribution in [3.8, 4) is 11.5 Å². The number of hydrogen-bond acceptors (Lipinski definition) is 3. The van der Waals surface area contributed by atoms with Crippen LogP contribution in [-0.2, 0) is 0 Å². The molecule has 1 heterocycles. The Balaban J connectivity index is 2.31. The van der Waals surface area contributed by atoms with E-state index in [0.717, 1.165) is 4.90 Å². The highest BCUT2D eigenvalue weighted by Gasteiger charge is 2.40. The Labute approximate surface area is 123 Å². The van der Waals surface area contributed by atoms with Gasteiger partial charge in [0.05, 0.1) is 26.3 Å². The van der Waals surface area contributed by atoms with E-state index in [1.807, 2.05) is 0 Å². The number of methoxy groups -OCH3 is 2. The van der Waals surface area contributed by atoms with Crippen molar-refractivity contribution in [1.82, 2.24) is 4.90 Å². The van der Waals surface area contributed by atoms with Crippen molar-refractivity contribution in [2.75, 3.05) is 27.3 Å². The molecule has 0 spiro atoms. The van der Waals surface area contributed by atoms with Gasteiger partial charge in [-0.2, -0.15) is 0 Å². The Kier molecular flexibility index (Phi) is 4.17. The van der Waals surface area contributed by atoms with E-state index in [9.17, 15) is 13.6 Å². The van der Waals surface area contributed by atoms with Crippen LogP contribution in [0.4, 0.5) is 8.78 Å². The molecule has 1 fully saturated rings. The second-order valence-corrected chi connectivity index (χ2v) is 5.37. The highest BCUT2D eigenvalue weighted by molar-refractivity contribution is 9.10. The zero-order valence-corrected chi connectivity index (χ0v) is 12.7. The maximum Gasteiger partial charge on any atom is 0.267 e. The number of likely N-dealkylation sites (tertiary alicyclic amines) is 1. The van der Waals surface area contributed by atoms with E-state index in [-0.39, 0.29) is 18.5 Å². The highest BCUT2D eigenvalue weighted by atomic mass is 79.9. The maximum atomic E-state index is 13.2. The van der Waals surface area contributed by atoms with Crippen LogP contribution in [0, 0.1) is 0 Å². The van der Waals surface area contributed by atoms with Crippen LogP contribution < -0.4 is 9.47 Å². The molecule has 110 valence electrons. The third-order valence-electron chi connectivity index (χ3n) is 3.16. The molecule has 0 unspecified atom stereocenters. The SMILES string of the molecule is COc1cc(Br)c(C(=O)N2CCC(F)(F)C2)cc1OC. The van der Waals surface area contributed by atoms with Gasteiger partial charge in [-0.1, -0.05) is 0 Å². The molecule has 0 saturated carbocycles. The summed E-state index contributed by atoms with van der Waals surface area (Å²) in [6.07, 6.45) is -0.302. The summed E-state index contributed by atoms with van der Waals surface area (Å²) in [5, 5.41) is 0. The zero-order chi connectivity index (χ0) is 14.9. The molecule has 1 aliphatic heterocycles. The molecule has 0 atom stereocenters. The van der Waals surface area contributed by atoms with E-state index in [2.05, 4.69) is 15.9 Å². The lowest BCUT2D eigenvalue weighted by Crippen LogP contribution is -2.31. The second kappa shape index (κ2) is 5.55. The van der Waals surface area contributed by atoms with E-state index >= 15 is 0 Å². The smallest absolute Gasteiger partial charge is 0.267 e. The molecule has 4 nitrogen and oxygen atoms in total. The number of hydrogen-bond donors (Lipinski definition) is 0. The average molecular weight is 350 g/mol. The van der Waals surface area contributed by atoms with Crippen LogP contribution in [0.1, 0.15) is 16.8 Å². The summed E-state index contributed by atoms with van der Waals surface area (Å²) in [4.78, 5) is 13.4. The molecule has 20 heavy (non-hydrogen) atoms. The largest absolute Gasteiger partial charge is 0.493 e. The van der Waals surface area contributed by atoms with Gasteiger partial charge in [0.25, 0.3) is 11.8 Å². The van der Waals surface area contributed by atoms with Crippen molar-refractivity contribution in [2.45, 2.75) is 12.3 Å². The van der Waals surface area contributed by atoms with Crippen LogP contribution >= 0.6 is 15.9 Å². The van der Waals surface area contributed by atoms with Crippen LogP contribution in [-0.4, -0.2) is 44.0 Å². The molecule has 1 aromatic carbocycles. The van der Waals surface area contributed by atoms with Gasteiger partial charge in [0, 0.05) is 17.4 Å². The molecule has 0 aromatic heterocycles. The Hall–Kier alpha value is -1.37. The van der Waals surface area contributed by atoms with Gasteiger partial charge in [-0.3, -0.25) is 4.79 Å². The van der Waals surface area contributed by atoms with Crippen molar-refractivity contribution >= 4 is 21.8 Å². The Morgan fingerprint density at radius 2 is 1.90 bits per heavy atom. The molecule has 1 amide bonds. The van der Waals surface area contributed by atoms with E-state index in [4.69, 9.17) is 9.47 Å². The fourth-order valence-corrected chi connectivity index (χ4v) is 2.59. The molecule has 7 heteroatoms. The van der Waals surface area contributed by atoms with Gasteiger partial charge in [-0.15, -0.1) is 0 Å². The number of ether oxygens (including phenoxy) is 2. The van der Waals surface area contributed by atoms with Crippen molar-refractivity contribution < 1.29 is 23.0 Å². The molecule has 1 aromatic rings. The Bertz CT molecular complexity index is 537. The lowest BCUT2D eigenvalue weighted by molar-refractivity contribution is 0.0120. The minimum atomic E-state index is -2.81. The first-order valence-corrected chi connectivity index (χ1v) is 6.76. The lowest BCUT2D eigenvalue weighted by atomic mass is 10.1. The van der Waals surface area contributed by atoms with Crippen LogP contribution in [0.2, 0.25) is 0 Å². The van der Waals surface area contributed by atoms with Crippen molar-refractivity contribution in [3.63, 3.8) is 0 Å². The number of amides is 1. The fraction of sp³-hybridized carbons (Fsp3) is 0.462. The molecule has 0 bridgehead atoms. The molecule has 2 rings (SSSR count). The van der Waals surface area contributed by atoms with Gasteiger partial charge in [0.1, 0.15) is 0 Å². The van der Waals surface area contributed by atoms with Gasteiger partial charge < -0.3 is 14.4 Å². The van der Waals surface area contributed by atoms with Gasteiger partial charge in [0.15, 0.2) is 11.5 Å². The monoisotopic (exact) mass is 349 g/mol. The highest BCUT2D eigenvalue weighted by Crippen LogP contribution is 2.35. The van der Waals surface area contributed by atoms with Crippen molar-refractivity contribution in [3.05, 3.63) is 22.2 Å². The molecular weight excluding hydrogens is 336 g/mol. The standard InChI is InChI=1S/C13H14BrF2NO3/c1-19-10-5-8(9(14)6-11(10)20-2)12(18)17-4-3-13(15,16)7-17/h5-6H,3-4,7H2,1-2H3. The van der Waals surface area contributed by atoms with E-state index in [1.54, 1.807) is 6.07 Å². The first-order valence-electron chi connectivity index (χ1n) is 5.96. The molecular formula is C13H14BrF2NO3. The number of benzene rings is 1. The first-order chi connectivity index (χ1) is 9.38. The van der Waals surface area contributed by atoms with Crippen LogP contribution in [0.5, 0.6) is 11.5 Å². The summed E-state index contributed by atoms with van der Waals surface area (Å²) in [5.74, 6) is -2.42. The Morgan fingerprint density at radius 3 is 2.40 bits per heavy atom. The number of rotatable bonds is 3. The molecule has 0 aliphatic carbocycles. The minimum Gasteiger partial charge on any atom is -0.493 e. The van der Waals surface area contributed by atoms with Gasteiger partial charge in [0.2, 0.25) is 0 Å². The lowest BCUT2D eigenvalue weighted by Gasteiger charge is -2.18. The zero-order valence-electron chi connectivity index (χ0n) is 11.1. The summed E-state index contributed by atoms with van der Waals surface area (Å²) in [6.45, 7) is -0.501. The summed E-state index contributed by atoms with van der Waals surface area (Å²) in [6, 6.07) is 3.07. The van der Waals surface area contributed by atoms with Crippen LogP contribution in [0.25, 0.3) is 0 Å². The summed E-state index contributed by atoms with van der Waals surface area (Å²) < 4.78 is 37.1. The number of nitrogens with zero attached hydrogens (tertiary/aromatic N) is 1. The van der Waals surface area contributed by atoms with E-state index in [1.165, 1.54) is 20.3 Å². The molecule has 0 radical (unpaired) electrons. The van der Waals surface area contributed by atoms with Gasteiger partial charge >= 0.3 is 0 Å². The van der Waals surface area contributed by atoms with Crippen molar-refractivity contribution in [2.24, 2.45) is 0 Å². The third kappa shape index (κ3) is 2.87. The summed E-state index contributed by atoms with van der Waals surface area (Å²) >= 11 is 3.26. The van der Waals surface area contributed by atoms with E-state index in [0.29, 0.717) is 16.0 Å². The Morgan fingerprint density at radius 1 is 1.30 bits per heavy atom. The summed E-state index contributed by atoms with van der Waals surface area (Å²) in [7, 11) is 2.93. The van der Waals surface area contributed by atoms with Gasteiger partial charge in [-0.25, -0.2) is 8.78 Å². The second-order valence-electron chi connectivity index (χ2n) is 4.52. The van der Waals surface area contributed by atoms with Crippen LogP contribution in [0.15, 0.2) is 16.6 Å². The predicted molar refractivity (Wildman–Crippen MR) is 72.7 cm³/mol. The van der Waals surface area contributed by atoms with Crippen LogP contribution in [0.3, 0.4) is 0 Å². The number of carbonyl (C=O) groups is 1. The third-order valence-corrected chi connectivity index (χ3v) is 3.82. The number of halogens is 3.